The molecule has 0 saturated heterocycles. The summed E-state index contributed by atoms with van der Waals surface area (Å²) in [6, 6.07) is 8.47. The molecular formula is C17H20ClF2N3O2. The number of ether oxygens (including phenoxy) is 1. The number of nitrogens with one attached hydrogen (secondary N) is 1. The molecule has 0 aliphatic heterocycles. The summed E-state index contributed by atoms with van der Waals surface area (Å²) in [5.41, 5.74) is 0.461. The molecule has 8 heteroatoms. The number of alkyl carbamates (subject to hydrolysis) is 1. The Morgan fingerprint density at radius 2 is 2.00 bits per heavy atom. The van der Waals surface area contributed by atoms with Gasteiger partial charge in [0.15, 0.2) is 6.10 Å². The molecule has 25 heavy (non-hydrogen) atoms. The molecular weight excluding hydrogens is 352 g/mol. The third-order valence-corrected chi connectivity index (χ3v) is 3.62. The average Bonchev–Trinajstić information content (AvgIpc) is 2.97. The molecule has 0 aliphatic rings. The van der Waals surface area contributed by atoms with Crippen molar-refractivity contribution < 1.29 is 18.3 Å². The first kappa shape index (κ1) is 19.2. The first-order valence-corrected chi connectivity index (χ1v) is 8.09. The van der Waals surface area contributed by atoms with Gasteiger partial charge in [0.1, 0.15) is 5.69 Å². The van der Waals surface area contributed by atoms with Crippen molar-refractivity contribution >= 4 is 17.7 Å². The fourth-order valence-electron chi connectivity index (χ4n) is 2.17. The Kier molecular flexibility index (Phi) is 6.00. The number of alkyl halides is 2. The van der Waals surface area contributed by atoms with Crippen molar-refractivity contribution in [2.75, 3.05) is 0 Å². The van der Waals surface area contributed by atoms with E-state index in [2.05, 4.69) is 10.4 Å². The molecule has 0 bridgehead atoms. The van der Waals surface area contributed by atoms with E-state index in [9.17, 15) is 13.6 Å². The van der Waals surface area contributed by atoms with Crippen LogP contribution in [0.15, 0.2) is 36.5 Å². The number of carbonyl (C=O) groups excluding carboxylic acids is 1. The Bertz CT molecular complexity index is 729. The Labute approximate surface area is 149 Å². The Morgan fingerprint density at radius 1 is 1.32 bits per heavy atom. The first-order chi connectivity index (χ1) is 11.7. The van der Waals surface area contributed by atoms with Gasteiger partial charge < -0.3 is 10.1 Å². The van der Waals surface area contributed by atoms with Gasteiger partial charge in [0.25, 0.3) is 0 Å². The molecule has 5 nitrogen and oxygen atoms in total. The van der Waals surface area contributed by atoms with Crippen LogP contribution in [0.25, 0.3) is 0 Å². The van der Waals surface area contributed by atoms with Crippen LogP contribution in [0.2, 0.25) is 5.02 Å². The maximum Gasteiger partial charge on any atom is 0.408 e. The molecule has 0 saturated carbocycles. The Balaban J connectivity index is 2.24. The maximum atomic E-state index is 12.8. The fraction of sp³-hybridized carbons (Fsp3) is 0.412. The predicted molar refractivity (Wildman–Crippen MR) is 90.7 cm³/mol. The van der Waals surface area contributed by atoms with Crippen LogP contribution in [0, 0.1) is 0 Å². The largest absolute Gasteiger partial charge is 0.439 e. The van der Waals surface area contributed by atoms with E-state index in [1.165, 1.54) is 6.07 Å². The molecule has 1 heterocycles. The van der Waals surface area contributed by atoms with Gasteiger partial charge in [-0.25, -0.2) is 9.48 Å². The zero-order chi connectivity index (χ0) is 18.6. The second kappa shape index (κ2) is 7.82. The zero-order valence-corrected chi connectivity index (χ0v) is 14.9. The number of benzene rings is 1. The summed E-state index contributed by atoms with van der Waals surface area (Å²) in [5, 5.41) is 6.98. The monoisotopic (exact) mass is 371 g/mol. The molecule has 1 aromatic heterocycles. The third-order valence-electron chi connectivity index (χ3n) is 3.25. The van der Waals surface area contributed by atoms with Crippen LogP contribution in [-0.4, -0.2) is 21.4 Å². The molecule has 2 aromatic rings. The molecule has 0 spiro atoms. The second-order valence-corrected chi connectivity index (χ2v) is 6.97. The van der Waals surface area contributed by atoms with Crippen molar-refractivity contribution in [3.8, 4) is 0 Å². The van der Waals surface area contributed by atoms with Crippen molar-refractivity contribution in [1.29, 1.82) is 0 Å². The van der Waals surface area contributed by atoms with Gasteiger partial charge in [-0.3, -0.25) is 0 Å². The van der Waals surface area contributed by atoms with Gasteiger partial charge in [-0.15, -0.1) is 0 Å². The van der Waals surface area contributed by atoms with Gasteiger partial charge in [0, 0.05) is 23.2 Å². The lowest BCUT2D eigenvalue weighted by Gasteiger charge is -2.23. The number of halogens is 3. The lowest BCUT2D eigenvalue weighted by molar-refractivity contribution is 0.0530. The van der Waals surface area contributed by atoms with Crippen LogP contribution in [0.3, 0.4) is 0 Å². The number of rotatable bonds is 5. The van der Waals surface area contributed by atoms with Crippen LogP contribution >= 0.6 is 11.6 Å². The van der Waals surface area contributed by atoms with Crippen LogP contribution in [0.1, 0.15) is 44.7 Å². The van der Waals surface area contributed by atoms with Crippen molar-refractivity contribution in [2.45, 2.75) is 45.4 Å². The van der Waals surface area contributed by atoms with Gasteiger partial charge in [0.05, 0.1) is 0 Å². The van der Waals surface area contributed by atoms with Crippen LogP contribution in [0.5, 0.6) is 0 Å². The molecule has 2 rings (SSSR count). The minimum atomic E-state index is -2.77. The molecule has 1 N–H and O–H groups in total. The molecule has 0 radical (unpaired) electrons. The van der Waals surface area contributed by atoms with Gasteiger partial charge in [-0.2, -0.15) is 13.9 Å². The maximum absolute atomic E-state index is 12.8. The standard InChI is InChI=1S/C17H20ClF2N3O2/c1-17(2,3)21-16(24)25-14(10-11-6-4-5-7-12(11)18)13-8-9-23(22-13)15(19)20/h4-9,14-15H,10H2,1-3H3,(H,21,24)/t14-/m0/s1. The van der Waals surface area contributed by atoms with Crippen LogP contribution < -0.4 is 5.32 Å². The molecule has 0 unspecified atom stereocenters. The van der Waals surface area contributed by atoms with E-state index < -0.39 is 24.3 Å². The molecule has 0 fully saturated rings. The summed E-state index contributed by atoms with van der Waals surface area (Å²) in [7, 11) is 0. The quantitative estimate of drug-likeness (QED) is 0.825. The van der Waals surface area contributed by atoms with E-state index in [0.717, 1.165) is 11.8 Å². The lowest BCUT2D eigenvalue weighted by atomic mass is 10.1. The van der Waals surface area contributed by atoms with Crippen LogP contribution in [-0.2, 0) is 11.2 Å². The van der Waals surface area contributed by atoms with Crippen molar-refractivity contribution in [3.05, 3.63) is 52.8 Å². The minimum absolute atomic E-state index is 0.220. The summed E-state index contributed by atoms with van der Waals surface area (Å²) in [4.78, 5) is 12.1. The normalized spacial score (nSPS) is 12.9. The number of aromatic nitrogens is 2. The van der Waals surface area contributed by atoms with Crippen LogP contribution in [0.4, 0.5) is 13.6 Å². The predicted octanol–water partition coefficient (Wildman–Crippen LogP) is 4.74. The van der Waals surface area contributed by atoms with Crippen molar-refractivity contribution in [2.24, 2.45) is 0 Å². The van der Waals surface area contributed by atoms with E-state index >= 15 is 0 Å². The number of hydrogen-bond acceptors (Lipinski definition) is 3. The molecule has 1 aromatic carbocycles. The highest BCUT2D eigenvalue weighted by molar-refractivity contribution is 6.31. The van der Waals surface area contributed by atoms with E-state index in [1.54, 1.807) is 24.3 Å². The highest BCUT2D eigenvalue weighted by Gasteiger charge is 2.24. The average molecular weight is 372 g/mol. The molecule has 1 amide bonds. The van der Waals surface area contributed by atoms with Crippen molar-refractivity contribution in [3.63, 3.8) is 0 Å². The first-order valence-electron chi connectivity index (χ1n) is 7.71. The molecule has 0 aliphatic carbocycles. The van der Waals surface area contributed by atoms with Crippen molar-refractivity contribution in [1.82, 2.24) is 15.1 Å². The molecule has 136 valence electrons. The summed E-state index contributed by atoms with van der Waals surface area (Å²) in [6.07, 6.45) is -0.138. The minimum Gasteiger partial charge on any atom is -0.439 e. The number of amides is 1. The molecule has 1 atom stereocenters. The summed E-state index contributed by atoms with van der Waals surface area (Å²) < 4.78 is 31.5. The summed E-state index contributed by atoms with van der Waals surface area (Å²) in [5.74, 6) is 0. The Morgan fingerprint density at radius 3 is 2.56 bits per heavy atom. The SMILES string of the molecule is CC(C)(C)NC(=O)O[C@@H](Cc1ccccc1Cl)c1ccn(C(F)F)n1. The topological polar surface area (TPSA) is 56.1 Å². The summed E-state index contributed by atoms with van der Waals surface area (Å²) in [6.45, 7) is 2.66. The smallest absolute Gasteiger partial charge is 0.408 e. The second-order valence-electron chi connectivity index (χ2n) is 6.56. The Hall–Kier alpha value is -2.15. The summed E-state index contributed by atoms with van der Waals surface area (Å²) >= 11 is 6.15. The fourth-order valence-corrected chi connectivity index (χ4v) is 2.38. The van der Waals surface area contributed by atoms with E-state index in [0.29, 0.717) is 9.70 Å². The van der Waals surface area contributed by atoms with E-state index in [4.69, 9.17) is 16.3 Å². The van der Waals surface area contributed by atoms with Gasteiger partial charge in [-0.1, -0.05) is 29.8 Å². The highest BCUT2D eigenvalue weighted by atomic mass is 35.5. The van der Waals surface area contributed by atoms with Gasteiger partial charge >= 0.3 is 12.6 Å². The van der Waals surface area contributed by atoms with E-state index in [1.807, 2.05) is 20.8 Å². The van der Waals surface area contributed by atoms with Gasteiger partial charge in [0.2, 0.25) is 0 Å². The lowest BCUT2D eigenvalue weighted by Crippen LogP contribution is -2.41. The van der Waals surface area contributed by atoms with E-state index in [-0.39, 0.29) is 12.1 Å². The number of hydrogen-bond donors (Lipinski definition) is 1. The third kappa shape index (κ3) is 5.70. The zero-order valence-electron chi connectivity index (χ0n) is 14.2. The number of nitrogens with zero attached hydrogens (tertiary/aromatic N) is 2. The van der Waals surface area contributed by atoms with Gasteiger partial charge in [-0.05, 0) is 38.5 Å². The number of carbonyl (C=O) groups is 1. The highest BCUT2D eigenvalue weighted by Crippen LogP contribution is 2.26.